The van der Waals surface area contributed by atoms with Crippen molar-refractivity contribution < 1.29 is 19.4 Å². The topological polar surface area (TPSA) is 75.6 Å². The third kappa shape index (κ3) is 5.72. The Morgan fingerprint density at radius 2 is 1.89 bits per heavy atom. The van der Waals surface area contributed by atoms with Gasteiger partial charge in [0.1, 0.15) is 5.60 Å². The van der Waals surface area contributed by atoms with Gasteiger partial charge in [0.15, 0.2) is 0 Å². The fraction of sp³-hybridized carbons (Fsp3) is 0.286. The highest BCUT2D eigenvalue weighted by atomic mass is 16.6. The van der Waals surface area contributed by atoms with Crippen molar-refractivity contribution in [1.82, 2.24) is 0 Å². The molecule has 5 heteroatoms. The van der Waals surface area contributed by atoms with Crippen molar-refractivity contribution in [3.63, 3.8) is 0 Å². The number of carboxylic acid groups (broad SMARTS) is 1. The van der Waals surface area contributed by atoms with Crippen molar-refractivity contribution >= 4 is 23.8 Å². The molecule has 1 aromatic rings. The number of ether oxygens (including phenoxy) is 1. The summed E-state index contributed by atoms with van der Waals surface area (Å²) in [6, 6.07) is 6.87. The molecule has 19 heavy (non-hydrogen) atoms. The summed E-state index contributed by atoms with van der Waals surface area (Å²) in [5.41, 5.74) is 0.501. The lowest BCUT2D eigenvalue weighted by Crippen LogP contribution is -2.27. The molecular formula is C14H17NO4. The monoisotopic (exact) mass is 263 g/mol. The number of anilines is 1. The van der Waals surface area contributed by atoms with E-state index >= 15 is 0 Å². The maximum absolute atomic E-state index is 11.6. The first kappa shape index (κ1) is 14.8. The van der Waals surface area contributed by atoms with Crippen molar-refractivity contribution in [3.8, 4) is 0 Å². The SMILES string of the molecule is CC(C)(C)OC(=O)Nc1ccccc1C=CC(=O)O. The van der Waals surface area contributed by atoms with Gasteiger partial charge in [0.05, 0.1) is 5.69 Å². The Balaban J connectivity index is 2.84. The van der Waals surface area contributed by atoms with Crippen molar-refractivity contribution in [3.05, 3.63) is 35.9 Å². The van der Waals surface area contributed by atoms with Crippen LogP contribution in [0.25, 0.3) is 6.08 Å². The zero-order chi connectivity index (χ0) is 14.5. The Labute approximate surface area is 111 Å². The number of nitrogens with one attached hydrogen (secondary N) is 1. The fourth-order valence-corrected chi connectivity index (χ4v) is 1.33. The van der Waals surface area contributed by atoms with E-state index in [1.165, 1.54) is 6.08 Å². The second-order valence-corrected chi connectivity index (χ2v) is 4.89. The lowest BCUT2D eigenvalue weighted by Gasteiger charge is -2.20. The maximum Gasteiger partial charge on any atom is 0.412 e. The Kier molecular flexibility index (Phi) is 4.69. The lowest BCUT2D eigenvalue weighted by atomic mass is 10.1. The molecule has 0 aromatic heterocycles. The molecule has 2 N–H and O–H groups in total. The molecule has 0 unspecified atom stereocenters. The highest BCUT2D eigenvalue weighted by Gasteiger charge is 2.16. The van der Waals surface area contributed by atoms with Crippen LogP contribution in [0, 0.1) is 0 Å². The molecule has 0 saturated carbocycles. The third-order valence-electron chi connectivity index (χ3n) is 2.00. The number of carboxylic acids is 1. The minimum absolute atomic E-state index is 0.495. The summed E-state index contributed by atoms with van der Waals surface area (Å²) in [6.45, 7) is 5.30. The zero-order valence-electron chi connectivity index (χ0n) is 11.1. The average Bonchev–Trinajstić information content (AvgIpc) is 2.25. The van der Waals surface area contributed by atoms with Gasteiger partial charge >= 0.3 is 12.1 Å². The van der Waals surface area contributed by atoms with Crippen LogP contribution in [0.2, 0.25) is 0 Å². The molecule has 1 rings (SSSR count). The van der Waals surface area contributed by atoms with Gasteiger partial charge in [0.2, 0.25) is 0 Å². The second-order valence-electron chi connectivity index (χ2n) is 4.89. The van der Waals surface area contributed by atoms with Crippen LogP contribution < -0.4 is 5.32 Å². The van der Waals surface area contributed by atoms with E-state index < -0.39 is 17.7 Å². The highest BCUT2D eigenvalue weighted by molar-refractivity contribution is 5.91. The first-order valence-corrected chi connectivity index (χ1v) is 5.78. The van der Waals surface area contributed by atoms with E-state index in [0.717, 1.165) is 6.08 Å². The van der Waals surface area contributed by atoms with Gasteiger partial charge < -0.3 is 9.84 Å². The number of hydrogen-bond donors (Lipinski definition) is 2. The van der Waals surface area contributed by atoms with E-state index in [2.05, 4.69) is 5.32 Å². The Hall–Kier alpha value is -2.30. The molecule has 0 saturated heterocycles. The number of carbonyl (C=O) groups excluding carboxylic acids is 1. The summed E-state index contributed by atoms with van der Waals surface area (Å²) in [4.78, 5) is 22.1. The van der Waals surface area contributed by atoms with Gasteiger partial charge in [0, 0.05) is 6.08 Å². The minimum Gasteiger partial charge on any atom is -0.478 e. The number of rotatable bonds is 3. The van der Waals surface area contributed by atoms with Crippen LogP contribution in [0.3, 0.4) is 0 Å². The number of carbonyl (C=O) groups is 2. The predicted octanol–water partition coefficient (Wildman–Crippen LogP) is 3.13. The van der Waals surface area contributed by atoms with Crippen LogP contribution in [-0.4, -0.2) is 22.8 Å². The molecule has 0 bridgehead atoms. The van der Waals surface area contributed by atoms with Crippen LogP contribution >= 0.6 is 0 Å². The lowest BCUT2D eigenvalue weighted by molar-refractivity contribution is -0.131. The normalized spacial score (nSPS) is 11.3. The molecule has 0 aliphatic heterocycles. The van der Waals surface area contributed by atoms with Crippen LogP contribution in [0.15, 0.2) is 30.3 Å². The number of benzene rings is 1. The van der Waals surface area contributed by atoms with E-state index in [9.17, 15) is 9.59 Å². The van der Waals surface area contributed by atoms with Crippen LogP contribution in [-0.2, 0) is 9.53 Å². The Bertz CT molecular complexity index is 500. The van der Waals surface area contributed by atoms with Crippen LogP contribution in [0.5, 0.6) is 0 Å². The number of hydrogen-bond acceptors (Lipinski definition) is 3. The van der Waals surface area contributed by atoms with E-state index in [4.69, 9.17) is 9.84 Å². The third-order valence-corrected chi connectivity index (χ3v) is 2.00. The Morgan fingerprint density at radius 1 is 1.26 bits per heavy atom. The van der Waals surface area contributed by atoms with E-state index in [-0.39, 0.29) is 0 Å². The Morgan fingerprint density at radius 3 is 2.47 bits per heavy atom. The smallest absolute Gasteiger partial charge is 0.412 e. The van der Waals surface area contributed by atoms with Crippen LogP contribution in [0.4, 0.5) is 10.5 Å². The largest absolute Gasteiger partial charge is 0.478 e. The summed E-state index contributed by atoms with van der Waals surface area (Å²) in [7, 11) is 0. The molecule has 5 nitrogen and oxygen atoms in total. The molecule has 0 aliphatic rings. The molecule has 0 heterocycles. The van der Waals surface area contributed by atoms with E-state index in [1.54, 1.807) is 45.0 Å². The van der Waals surface area contributed by atoms with Crippen molar-refractivity contribution in [2.45, 2.75) is 26.4 Å². The van der Waals surface area contributed by atoms with E-state index in [1.807, 2.05) is 0 Å². The first-order chi connectivity index (χ1) is 8.78. The van der Waals surface area contributed by atoms with E-state index in [0.29, 0.717) is 11.3 Å². The number of amides is 1. The van der Waals surface area contributed by atoms with Crippen molar-refractivity contribution in [2.75, 3.05) is 5.32 Å². The summed E-state index contributed by atoms with van der Waals surface area (Å²) >= 11 is 0. The first-order valence-electron chi connectivity index (χ1n) is 5.78. The predicted molar refractivity (Wildman–Crippen MR) is 73.0 cm³/mol. The molecule has 0 fully saturated rings. The molecule has 0 radical (unpaired) electrons. The van der Waals surface area contributed by atoms with Gasteiger partial charge in [-0.3, -0.25) is 5.32 Å². The summed E-state index contributed by atoms with van der Waals surface area (Å²) in [6.07, 6.45) is 1.84. The second kappa shape index (κ2) is 6.04. The van der Waals surface area contributed by atoms with Gasteiger partial charge in [-0.15, -0.1) is 0 Å². The molecule has 1 aromatic carbocycles. The molecule has 0 spiro atoms. The van der Waals surface area contributed by atoms with Gasteiger partial charge in [-0.25, -0.2) is 9.59 Å². The number of aliphatic carboxylic acids is 1. The maximum atomic E-state index is 11.6. The molecule has 0 atom stereocenters. The van der Waals surface area contributed by atoms with Gasteiger partial charge in [0.25, 0.3) is 0 Å². The van der Waals surface area contributed by atoms with Crippen molar-refractivity contribution in [1.29, 1.82) is 0 Å². The zero-order valence-corrected chi connectivity index (χ0v) is 11.1. The highest BCUT2D eigenvalue weighted by Crippen LogP contribution is 2.18. The summed E-state index contributed by atoms with van der Waals surface area (Å²) in [5.74, 6) is -1.05. The molecule has 102 valence electrons. The van der Waals surface area contributed by atoms with Gasteiger partial charge in [-0.2, -0.15) is 0 Å². The fourth-order valence-electron chi connectivity index (χ4n) is 1.33. The molecular weight excluding hydrogens is 246 g/mol. The van der Waals surface area contributed by atoms with Crippen LogP contribution in [0.1, 0.15) is 26.3 Å². The summed E-state index contributed by atoms with van der Waals surface area (Å²) < 4.78 is 5.13. The molecule has 1 amide bonds. The average molecular weight is 263 g/mol. The number of para-hydroxylation sites is 1. The minimum atomic E-state index is -1.05. The van der Waals surface area contributed by atoms with Crippen molar-refractivity contribution in [2.24, 2.45) is 0 Å². The standard InChI is InChI=1S/C14H17NO4/c1-14(2,3)19-13(18)15-11-7-5-4-6-10(11)8-9-12(16)17/h4-9H,1-3H3,(H,15,18)(H,16,17). The van der Waals surface area contributed by atoms with Gasteiger partial charge in [-0.05, 0) is 38.5 Å². The quantitative estimate of drug-likeness (QED) is 0.821. The van der Waals surface area contributed by atoms with Gasteiger partial charge in [-0.1, -0.05) is 18.2 Å². The molecule has 0 aliphatic carbocycles. The summed E-state index contributed by atoms with van der Waals surface area (Å²) in [5, 5.41) is 11.2.